The van der Waals surface area contributed by atoms with Crippen LogP contribution in [0.15, 0.2) is 60.8 Å². The highest BCUT2D eigenvalue weighted by molar-refractivity contribution is 5.95. The molecule has 1 aromatic heterocycles. The first kappa shape index (κ1) is 21.8. The van der Waals surface area contributed by atoms with Gasteiger partial charge in [-0.1, -0.05) is 24.3 Å². The zero-order valence-corrected chi connectivity index (χ0v) is 17.6. The summed E-state index contributed by atoms with van der Waals surface area (Å²) < 4.78 is 10.6. The number of rotatable bonds is 8. The number of benzene rings is 2. The van der Waals surface area contributed by atoms with Gasteiger partial charge in [-0.15, -0.1) is 0 Å². The summed E-state index contributed by atoms with van der Waals surface area (Å²) in [5.41, 5.74) is 3.40. The molecule has 0 aliphatic heterocycles. The fourth-order valence-corrected chi connectivity index (χ4v) is 3.36. The second-order valence-electron chi connectivity index (χ2n) is 6.98. The van der Waals surface area contributed by atoms with Crippen molar-refractivity contribution in [3.8, 4) is 22.8 Å². The van der Waals surface area contributed by atoms with Crippen LogP contribution in [0.4, 0.5) is 0 Å². The largest absolute Gasteiger partial charge is 0.493 e. The van der Waals surface area contributed by atoms with E-state index in [1.807, 2.05) is 37.3 Å². The predicted molar refractivity (Wildman–Crippen MR) is 116 cm³/mol. The number of carbonyl (C=O) groups excluding carboxylic acids is 1. The number of hydrogen-bond acceptors (Lipinski definition) is 5. The Labute approximate surface area is 180 Å². The van der Waals surface area contributed by atoms with Crippen LogP contribution in [-0.2, 0) is 4.79 Å². The number of carboxylic acids is 1. The van der Waals surface area contributed by atoms with Crippen LogP contribution in [0.1, 0.15) is 33.9 Å². The van der Waals surface area contributed by atoms with Gasteiger partial charge in [-0.3, -0.25) is 14.6 Å². The first-order chi connectivity index (χ1) is 14.9. The van der Waals surface area contributed by atoms with Crippen molar-refractivity contribution >= 4 is 11.9 Å². The van der Waals surface area contributed by atoms with Gasteiger partial charge < -0.3 is 19.9 Å². The number of hydrogen-bond donors (Lipinski definition) is 2. The number of nitrogens with zero attached hydrogens (tertiary/aromatic N) is 1. The first-order valence-corrected chi connectivity index (χ1v) is 9.69. The zero-order chi connectivity index (χ0) is 22.4. The lowest BCUT2D eigenvalue weighted by atomic mass is 9.98. The van der Waals surface area contributed by atoms with E-state index in [1.54, 1.807) is 44.7 Å². The van der Waals surface area contributed by atoms with Gasteiger partial charge in [-0.25, -0.2) is 0 Å². The lowest BCUT2D eigenvalue weighted by Crippen LogP contribution is -2.30. The highest BCUT2D eigenvalue weighted by Crippen LogP contribution is 2.31. The van der Waals surface area contributed by atoms with E-state index in [0.717, 1.165) is 16.7 Å². The summed E-state index contributed by atoms with van der Waals surface area (Å²) in [6, 6.07) is 15.4. The van der Waals surface area contributed by atoms with Crippen LogP contribution < -0.4 is 14.8 Å². The summed E-state index contributed by atoms with van der Waals surface area (Å²) in [5.74, 6) is -0.222. The topological polar surface area (TPSA) is 97.8 Å². The molecule has 3 rings (SSSR count). The minimum Gasteiger partial charge on any atom is -0.493 e. The van der Waals surface area contributed by atoms with Crippen LogP contribution in [0.25, 0.3) is 11.3 Å². The highest BCUT2D eigenvalue weighted by Gasteiger charge is 2.21. The van der Waals surface area contributed by atoms with E-state index < -0.39 is 12.0 Å². The van der Waals surface area contributed by atoms with Crippen molar-refractivity contribution in [2.24, 2.45) is 0 Å². The second-order valence-corrected chi connectivity index (χ2v) is 6.98. The summed E-state index contributed by atoms with van der Waals surface area (Å²) in [5, 5.41) is 12.2. The fraction of sp³-hybridized carbons (Fsp3) is 0.208. The van der Waals surface area contributed by atoms with Crippen molar-refractivity contribution in [2.75, 3.05) is 14.2 Å². The molecule has 0 radical (unpaired) electrons. The molecule has 2 aromatic carbocycles. The lowest BCUT2D eigenvalue weighted by molar-refractivity contribution is -0.137. The maximum absolute atomic E-state index is 13.0. The Morgan fingerprint density at radius 2 is 1.77 bits per heavy atom. The first-order valence-electron chi connectivity index (χ1n) is 9.69. The number of aromatic nitrogens is 1. The summed E-state index contributed by atoms with van der Waals surface area (Å²) >= 11 is 0. The average molecular weight is 420 g/mol. The third-order valence-electron chi connectivity index (χ3n) is 4.95. The van der Waals surface area contributed by atoms with Gasteiger partial charge in [0.1, 0.15) is 0 Å². The Morgan fingerprint density at radius 3 is 2.45 bits per heavy atom. The molecule has 0 unspecified atom stereocenters. The smallest absolute Gasteiger partial charge is 0.305 e. The molecular formula is C24H24N2O5. The third-order valence-corrected chi connectivity index (χ3v) is 4.95. The molecule has 31 heavy (non-hydrogen) atoms. The Bertz CT molecular complexity index is 1100. The molecular weight excluding hydrogens is 396 g/mol. The standard InChI is InChI=1S/C24H24N2O5/c1-15-6-4-5-7-18(15)20(14-23(27)28)26-24(29)17-10-11-25-19(12-17)16-8-9-21(30-2)22(13-16)31-3/h4-13,20H,14H2,1-3H3,(H,26,29)(H,27,28)/t20-/m0/s1. The molecule has 1 atom stereocenters. The van der Waals surface area contributed by atoms with Gasteiger partial charge in [-0.05, 0) is 48.4 Å². The Morgan fingerprint density at radius 1 is 1.03 bits per heavy atom. The SMILES string of the molecule is COc1ccc(-c2cc(C(=O)N[C@@H](CC(=O)O)c3ccccc3C)ccn2)cc1OC. The van der Waals surface area contributed by atoms with E-state index in [2.05, 4.69) is 10.3 Å². The van der Waals surface area contributed by atoms with E-state index in [4.69, 9.17) is 9.47 Å². The van der Waals surface area contributed by atoms with E-state index in [0.29, 0.717) is 22.8 Å². The normalized spacial score (nSPS) is 11.5. The van der Waals surface area contributed by atoms with Crippen molar-refractivity contribution in [2.45, 2.75) is 19.4 Å². The molecule has 1 heterocycles. The Kier molecular flexibility index (Phi) is 6.87. The van der Waals surface area contributed by atoms with Crippen molar-refractivity contribution in [3.05, 3.63) is 77.5 Å². The monoisotopic (exact) mass is 420 g/mol. The number of aryl methyl sites for hydroxylation is 1. The van der Waals surface area contributed by atoms with Crippen molar-refractivity contribution in [1.29, 1.82) is 0 Å². The summed E-state index contributed by atoms with van der Waals surface area (Å²) in [6.45, 7) is 1.89. The molecule has 3 aromatic rings. The van der Waals surface area contributed by atoms with Gasteiger partial charge >= 0.3 is 5.97 Å². The lowest BCUT2D eigenvalue weighted by Gasteiger charge is -2.19. The Balaban J connectivity index is 1.88. The van der Waals surface area contributed by atoms with Crippen LogP contribution in [-0.4, -0.2) is 36.2 Å². The molecule has 0 spiro atoms. The van der Waals surface area contributed by atoms with E-state index in [-0.39, 0.29) is 12.3 Å². The summed E-state index contributed by atoms with van der Waals surface area (Å²) in [4.78, 5) is 28.7. The molecule has 0 saturated heterocycles. The van der Waals surface area contributed by atoms with Crippen molar-refractivity contribution < 1.29 is 24.2 Å². The Hall–Kier alpha value is -3.87. The van der Waals surface area contributed by atoms with Crippen LogP contribution in [0.5, 0.6) is 11.5 Å². The number of aliphatic carboxylic acids is 1. The predicted octanol–water partition coefficient (Wildman–Crippen LogP) is 4.02. The number of nitrogens with one attached hydrogen (secondary N) is 1. The molecule has 7 heteroatoms. The van der Waals surface area contributed by atoms with E-state index >= 15 is 0 Å². The molecule has 2 N–H and O–H groups in total. The van der Waals surface area contributed by atoms with Gasteiger partial charge in [0.2, 0.25) is 0 Å². The van der Waals surface area contributed by atoms with Crippen molar-refractivity contribution in [1.82, 2.24) is 10.3 Å². The van der Waals surface area contributed by atoms with E-state index in [1.165, 1.54) is 0 Å². The number of ether oxygens (including phenoxy) is 2. The summed E-state index contributed by atoms with van der Waals surface area (Å²) in [7, 11) is 3.11. The number of pyridine rings is 1. The molecule has 0 saturated carbocycles. The molecule has 160 valence electrons. The maximum atomic E-state index is 13.0. The molecule has 1 amide bonds. The van der Waals surface area contributed by atoms with Crippen LogP contribution in [0.2, 0.25) is 0 Å². The van der Waals surface area contributed by atoms with Crippen LogP contribution >= 0.6 is 0 Å². The van der Waals surface area contributed by atoms with Gasteiger partial charge in [0.05, 0.1) is 32.4 Å². The minimum absolute atomic E-state index is 0.218. The molecule has 0 aliphatic rings. The van der Waals surface area contributed by atoms with Crippen molar-refractivity contribution in [3.63, 3.8) is 0 Å². The molecule has 0 bridgehead atoms. The molecule has 0 aliphatic carbocycles. The number of methoxy groups -OCH3 is 2. The van der Waals surface area contributed by atoms with Gasteiger partial charge in [0.15, 0.2) is 11.5 Å². The number of carboxylic acid groups (broad SMARTS) is 1. The third kappa shape index (κ3) is 5.19. The average Bonchev–Trinajstić information content (AvgIpc) is 2.78. The summed E-state index contributed by atoms with van der Waals surface area (Å²) in [6.07, 6.45) is 1.32. The van der Waals surface area contributed by atoms with Gasteiger partial charge in [-0.2, -0.15) is 0 Å². The number of carbonyl (C=O) groups is 2. The van der Waals surface area contributed by atoms with Crippen LogP contribution in [0.3, 0.4) is 0 Å². The maximum Gasteiger partial charge on any atom is 0.305 e. The second kappa shape index (κ2) is 9.75. The number of amides is 1. The minimum atomic E-state index is -0.991. The van der Waals surface area contributed by atoms with Gasteiger partial charge in [0.25, 0.3) is 5.91 Å². The molecule has 7 nitrogen and oxygen atoms in total. The fourth-order valence-electron chi connectivity index (χ4n) is 3.36. The zero-order valence-electron chi connectivity index (χ0n) is 17.6. The highest BCUT2D eigenvalue weighted by atomic mass is 16.5. The van der Waals surface area contributed by atoms with Gasteiger partial charge in [0, 0.05) is 17.3 Å². The molecule has 0 fully saturated rings. The van der Waals surface area contributed by atoms with E-state index in [9.17, 15) is 14.7 Å². The van der Waals surface area contributed by atoms with Crippen LogP contribution in [0, 0.1) is 6.92 Å². The quantitative estimate of drug-likeness (QED) is 0.571.